The lowest BCUT2D eigenvalue weighted by atomic mass is 9.84. The number of primary sulfonamides is 1. The smallest absolute Gasteiger partial charge is 0.262 e. The van der Waals surface area contributed by atoms with Gasteiger partial charge < -0.3 is 10.1 Å². The second-order valence-corrected chi connectivity index (χ2v) is 8.37. The van der Waals surface area contributed by atoms with Crippen LogP contribution >= 0.6 is 0 Å². The van der Waals surface area contributed by atoms with Crippen molar-refractivity contribution < 1.29 is 17.9 Å². The molecule has 0 aromatic heterocycles. The number of hydrogen-bond donors (Lipinski definition) is 2. The average molecular weight is 388 g/mol. The summed E-state index contributed by atoms with van der Waals surface area (Å²) in [4.78, 5) is 12.0. The highest BCUT2D eigenvalue weighted by Gasteiger charge is 2.15. The molecule has 1 aliphatic rings. The molecule has 0 radical (unpaired) electrons. The lowest BCUT2D eigenvalue weighted by Gasteiger charge is -2.22. The number of ether oxygens (including phenoxy) is 1. The summed E-state index contributed by atoms with van der Waals surface area (Å²) in [5.74, 6) is 0.959. The van der Waals surface area contributed by atoms with Crippen LogP contribution in [0.3, 0.4) is 0 Å². The van der Waals surface area contributed by atoms with Crippen LogP contribution in [-0.4, -0.2) is 20.9 Å². The predicted molar refractivity (Wildman–Crippen MR) is 104 cm³/mol. The van der Waals surface area contributed by atoms with Gasteiger partial charge in [-0.2, -0.15) is 0 Å². The molecule has 1 aliphatic carbocycles. The highest BCUT2D eigenvalue weighted by molar-refractivity contribution is 7.89. The quantitative estimate of drug-likeness (QED) is 0.792. The Morgan fingerprint density at radius 2 is 1.63 bits per heavy atom. The van der Waals surface area contributed by atoms with E-state index in [1.165, 1.54) is 61.9 Å². The summed E-state index contributed by atoms with van der Waals surface area (Å²) < 4.78 is 28.0. The number of amides is 1. The van der Waals surface area contributed by atoms with Crippen LogP contribution in [0.25, 0.3) is 0 Å². The monoisotopic (exact) mass is 388 g/mol. The van der Waals surface area contributed by atoms with Gasteiger partial charge in [0.2, 0.25) is 10.0 Å². The molecule has 0 unspecified atom stereocenters. The van der Waals surface area contributed by atoms with Crippen molar-refractivity contribution in [2.45, 2.75) is 42.9 Å². The maximum Gasteiger partial charge on any atom is 0.262 e. The van der Waals surface area contributed by atoms with E-state index in [0.717, 1.165) is 0 Å². The molecular weight excluding hydrogens is 364 g/mol. The maximum atomic E-state index is 12.0. The van der Waals surface area contributed by atoms with Gasteiger partial charge in [-0.1, -0.05) is 31.4 Å². The first-order valence-corrected chi connectivity index (χ1v) is 10.6. The van der Waals surface area contributed by atoms with Crippen LogP contribution in [0.5, 0.6) is 5.75 Å². The molecule has 3 rings (SSSR count). The molecule has 27 heavy (non-hydrogen) atoms. The number of anilines is 1. The molecule has 0 bridgehead atoms. The summed E-state index contributed by atoms with van der Waals surface area (Å²) >= 11 is 0. The fourth-order valence-corrected chi connectivity index (χ4v) is 3.86. The molecule has 1 amide bonds. The number of sulfonamides is 1. The minimum Gasteiger partial charge on any atom is -0.484 e. The first kappa shape index (κ1) is 19.4. The molecule has 0 saturated heterocycles. The van der Waals surface area contributed by atoms with Crippen LogP contribution in [0.1, 0.15) is 43.6 Å². The van der Waals surface area contributed by atoms with Gasteiger partial charge in [0, 0.05) is 5.69 Å². The van der Waals surface area contributed by atoms with Crippen LogP contribution in [0.2, 0.25) is 0 Å². The number of rotatable bonds is 6. The van der Waals surface area contributed by atoms with Gasteiger partial charge in [-0.3, -0.25) is 4.79 Å². The first-order chi connectivity index (χ1) is 12.9. The third-order valence-corrected chi connectivity index (χ3v) is 5.72. The molecule has 3 N–H and O–H groups in total. The third kappa shape index (κ3) is 5.55. The molecule has 0 spiro atoms. The Bertz CT molecular complexity index is 871. The van der Waals surface area contributed by atoms with Gasteiger partial charge in [0.1, 0.15) is 5.75 Å². The Kier molecular flexibility index (Phi) is 6.13. The molecule has 1 fully saturated rings. The van der Waals surface area contributed by atoms with Crippen LogP contribution in [0, 0.1) is 0 Å². The highest BCUT2D eigenvalue weighted by Crippen LogP contribution is 2.33. The van der Waals surface area contributed by atoms with E-state index in [9.17, 15) is 13.2 Å². The van der Waals surface area contributed by atoms with E-state index in [0.29, 0.717) is 17.4 Å². The lowest BCUT2D eigenvalue weighted by molar-refractivity contribution is -0.118. The van der Waals surface area contributed by atoms with Gasteiger partial charge >= 0.3 is 0 Å². The lowest BCUT2D eigenvalue weighted by Crippen LogP contribution is -2.20. The Balaban J connectivity index is 1.50. The van der Waals surface area contributed by atoms with E-state index in [-0.39, 0.29) is 17.4 Å². The molecule has 2 aromatic carbocycles. The van der Waals surface area contributed by atoms with Gasteiger partial charge in [0.15, 0.2) is 6.61 Å². The Morgan fingerprint density at radius 1 is 1.00 bits per heavy atom. The van der Waals surface area contributed by atoms with Crippen molar-refractivity contribution in [1.82, 2.24) is 0 Å². The number of benzene rings is 2. The number of hydrogen-bond acceptors (Lipinski definition) is 4. The fourth-order valence-electron chi connectivity index (χ4n) is 3.35. The van der Waals surface area contributed by atoms with Gasteiger partial charge in [0.25, 0.3) is 5.91 Å². The van der Waals surface area contributed by atoms with Gasteiger partial charge in [-0.15, -0.1) is 0 Å². The van der Waals surface area contributed by atoms with Crippen LogP contribution < -0.4 is 15.2 Å². The van der Waals surface area contributed by atoms with E-state index in [4.69, 9.17) is 9.88 Å². The number of carbonyl (C=O) groups is 1. The van der Waals surface area contributed by atoms with Crippen LogP contribution in [-0.2, 0) is 14.8 Å². The van der Waals surface area contributed by atoms with E-state index in [1.807, 2.05) is 12.1 Å². The zero-order chi connectivity index (χ0) is 19.3. The zero-order valence-corrected chi connectivity index (χ0v) is 15.9. The number of carbonyl (C=O) groups excluding carboxylic acids is 1. The first-order valence-electron chi connectivity index (χ1n) is 9.07. The van der Waals surface area contributed by atoms with Crippen molar-refractivity contribution >= 4 is 21.6 Å². The molecule has 7 heteroatoms. The molecule has 0 heterocycles. The van der Waals surface area contributed by atoms with Crippen molar-refractivity contribution in [1.29, 1.82) is 0 Å². The van der Waals surface area contributed by atoms with Crippen molar-refractivity contribution in [3.63, 3.8) is 0 Å². The molecule has 0 atom stereocenters. The van der Waals surface area contributed by atoms with Crippen molar-refractivity contribution in [2.24, 2.45) is 5.14 Å². The summed E-state index contributed by atoms with van der Waals surface area (Å²) in [5.41, 5.74) is 1.81. The average Bonchev–Trinajstić information content (AvgIpc) is 2.67. The second kappa shape index (κ2) is 8.54. The van der Waals surface area contributed by atoms with E-state index >= 15 is 0 Å². The van der Waals surface area contributed by atoms with Crippen molar-refractivity contribution in [2.75, 3.05) is 11.9 Å². The summed E-state index contributed by atoms with van der Waals surface area (Å²) in [5, 5.41) is 7.70. The topological polar surface area (TPSA) is 98.5 Å². The Hall–Kier alpha value is -2.38. The Morgan fingerprint density at radius 3 is 2.22 bits per heavy atom. The van der Waals surface area contributed by atoms with Gasteiger partial charge in [0.05, 0.1) is 4.90 Å². The summed E-state index contributed by atoms with van der Waals surface area (Å²) in [6.45, 7) is -0.125. The van der Waals surface area contributed by atoms with Gasteiger partial charge in [-0.05, 0) is 60.7 Å². The molecule has 144 valence electrons. The SMILES string of the molecule is NS(=O)(=O)c1ccc(NC(=O)COc2ccc(C3CCCCC3)cc2)cc1. The summed E-state index contributed by atoms with van der Waals surface area (Å²) in [7, 11) is -3.74. The standard InChI is InChI=1S/C20H24N2O4S/c21-27(24,25)19-12-8-17(9-13-19)22-20(23)14-26-18-10-6-16(7-11-18)15-4-2-1-3-5-15/h6-13,15H,1-5,14H2,(H,22,23)(H2,21,24,25). The van der Waals surface area contributed by atoms with E-state index in [2.05, 4.69) is 17.4 Å². The normalized spacial score (nSPS) is 15.3. The molecule has 1 saturated carbocycles. The summed E-state index contributed by atoms with van der Waals surface area (Å²) in [6.07, 6.45) is 6.40. The minimum absolute atomic E-state index is 0.00481. The van der Waals surface area contributed by atoms with E-state index < -0.39 is 10.0 Å². The zero-order valence-electron chi connectivity index (χ0n) is 15.1. The highest BCUT2D eigenvalue weighted by atomic mass is 32.2. The third-order valence-electron chi connectivity index (χ3n) is 4.79. The largest absolute Gasteiger partial charge is 0.484 e. The molecular formula is C20H24N2O4S. The van der Waals surface area contributed by atoms with Crippen LogP contribution in [0.4, 0.5) is 5.69 Å². The Labute approximate surface area is 159 Å². The van der Waals surface area contributed by atoms with Gasteiger partial charge in [-0.25, -0.2) is 13.6 Å². The molecule has 2 aromatic rings. The van der Waals surface area contributed by atoms with Crippen molar-refractivity contribution in [3.8, 4) is 5.75 Å². The summed E-state index contributed by atoms with van der Waals surface area (Å²) in [6, 6.07) is 13.6. The van der Waals surface area contributed by atoms with Crippen LogP contribution in [0.15, 0.2) is 53.4 Å². The van der Waals surface area contributed by atoms with E-state index in [1.54, 1.807) is 0 Å². The second-order valence-electron chi connectivity index (χ2n) is 6.81. The fraction of sp³-hybridized carbons (Fsp3) is 0.350. The number of nitrogens with one attached hydrogen (secondary N) is 1. The molecule has 0 aliphatic heterocycles. The van der Waals surface area contributed by atoms with Crippen molar-refractivity contribution in [3.05, 3.63) is 54.1 Å². The maximum absolute atomic E-state index is 12.0. The number of nitrogens with two attached hydrogens (primary N) is 1. The predicted octanol–water partition coefficient (Wildman–Crippen LogP) is 3.40. The minimum atomic E-state index is -3.74. The molecule has 6 nitrogen and oxygen atoms in total.